The van der Waals surface area contributed by atoms with Gasteiger partial charge in [0.2, 0.25) is 5.91 Å². The molecule has 4 aromatic rings. The van der Waals surface area contributed by atoms with Gasteiger partial charge in [-0.15, -0.1) is 0 Å². The van der Waals surface area contributed by atoms with Crippen LogP contribution in [-0.4, -0.2) is 34.4 Å². The van der Waals surface area contributed by atoms with Crippen LogP contribution >= 0.6 is 0 Å². The van der Waals surface area contributed by atoms with Crippen molar-refractivity contribution in [2.24, 2.45) is 0 Å². The van der Waals surface area contributed by atoms with E-state index in [4.69, 9.17) is 9.15 Å². The van der Waals surface area contributed by atoms with Gasteiger partial charge in [-0.3, -0.25) is 9.59 Å². The second kappa shape index (κ2) is 10.1. The third kappa shape index (κ3) is 5.09. The number of nitrogens with one attached hydrogen (secondary N) is 1. The van der Waals surface area contributed by atoms with Gasteiger partial charge in [-0.1, -0.05) is 18.2 Å². The van der Waals surface area contributed by atoms with E-state index in [9.17, 15) is 9.59 Å². The van der Waals surface area contributed by atoms with Crippen LogP contribution in [0.3, 0.4) is 0 Å². The van der Waals surface area contributed by atoms with Gasteiger partial charge in [0.25, 0.3) is 5.91 Å². The summed E-state index contributed by atoms with van der Waals surface area (Å²) in [6.45, 7) is 5.84. The van der Waals surface area contributed by atoms with Gasteiger partial charge < -0.3 is 23.9 Å². The van der Waals surface area contributed by atoms with Crippen molar-refractivity contribution in [2.45, 2.75) is 27.0 Å². The van der Waals surface area contributed by atoms with E-state index >= 15 is 0 Å². The third-order valence-corrected chi connectivity index (χ3v) is 5.54. The zero-order valence-corrected chi connectivity index (χ0v) is 18.8. The Bertz CT molecular complexity index is 1240. The predicted molar refractivity (Wildman–Crippen MR) is 127 cm³/mol. The molecule has 2 heterocycles. The molecule has 7 nitrogen and oxygen atoms in total. The highest BCUT2D eigenvalue weighted by molar-refractivity contribution is 6.04. The fraction of sp³-hybridized carbons (Fsp3) is 0.231. The molecule has 170 valence electrons. The normalized spacial score (nSPS) is 10.8. The molecule has 0 atom stereocenters. The van der Waals surface area contributed by atoms with Crippen molar-refractivity contribution in [3.05, 3.63) is 84.4 Å². The van der Waals surface area contributed by atoms with Crippen LogP contribution in [0.5, 0.6) is 5.75 Å². The number of anilines is 1. The summed E-state index contributed by atoms with van der Waals surface area (Å²) in [4.78, 5) is 27.1. The molecule has 2 aromatic heterocycles. The van der Waals surface area contributed by atoms with Gasteiger partial charge >= 0.3 is 0 Å². The summed E-state index contributed by atoms with van der Waals surface area (Å²) >= 11 is 0. The molecule has 4 rings (SSSR count). The Morgan fingerprint density at radius 2 is 1.82 bits per heavy atom. The zero-order valence-electron chi connectivity index (χ0n) is 18.8. The van der Waals surface area contributed by atoms with Crippen LogP contribution in [0.25, 0.3) is 10.9 Å². The number of ether oxygens (including phenoxy) is 1. The number of para-hydroxylation sites is 1. The van der Waals surface area contributed by atoms with E-state index in [1.165, 1.54) is 6.26 Å². The van der Waals surface area contributed by atoms with Crippen molar-refractivity contribution in [1.29, 1.82) is 0 Å². The Kier molecular flexibility index (Phi) is 6.78. The van der Waals surface area contributed by atoms with Crippen LogP contribution in [0, 0.1) is 0 Å². The molecule has 2 aromatic carbocycles. The summed E-state index contributed by atoms with van der Waals surface area (Å²) in [5.74, 6) is 0.674. The molecule has 0 radical (unpaired) electrons. The summed E-state index contributed by atoms with van der Waals surface area (Å²) in [5.41, 5.74) is 2.24. The van der Waals surface area contributed by atoms with Crippen molar-refractivity contribution in [1.82, 2.24) is 9.47 Å². The molecule has 0 aliphatic rings. The number of hydrogen-bond acceptors (Lipinski definition) is 4. The SMILES string of the molecule is CCN(CC)C(=O)Cn1ccc2cc(NC(=O)c3occc3COc3ccccc3)ccc21. The molecular formula is C26H27N3O4. The van der Waals surface area contributed by atoms with Gasteiger partial charge in [-0.25, -0.2) is 0 Å². The smallest absolute Gasteiger partial charge is 0.291 e. The van der Waals surface area contributed by atoms with Gasteiger partial charge in [0.15, 0.2) is 5.76 Å². The highest BCUT2D eigenvalue weighted by Crippen LogP contribution is 2.22. The first-order valence-corrected chi connectivity index (χ1v) is 11.0. The lowest BCUT2D eigenvalue weighted by atomic mass is 10.2. The number of likely N-dealkylation sites (N-methyl/N-ethyl adjacent to an activating group) is 1. The molecule has 0 bridgehead atoms. The van der Waals surface area contributed by atoms with E-state index < -0.39 is 0 Å². The quantitative estimate of drug-likeness (QED) is 0.396. The van der Waals surface area contributed by atoms with Crippen LogP contribution in [0.15, 0.2) is 77.5 Å². The van der Waals surface area contributed by atoms with E-state index in [0.29, 0.717) is 24.3 Å². The van der Waals surface area contributed by atoms with E-state index in [2.05, 4.69) is 5.32 Å². The Morgan fingerprint density at radius 3 is 2.58 bits per heavy atom. The number of benzene rings is 2. The number of furan rings is 1. The molecular weight excluding hydrogens is 418 g/mol. The maximum absolute atomic E-state index is 12.8. The van der Waals surface area contributed by atoms with Gasteiger partial charge in [-0.05, 0) is 56.3 Å². The van der Waals surface area contributed by atoms with E-state index in [0.717, 1.165) is 16.7 Å². The van der Waals surface area contributed by atoms with Crippen LogP contribution in [0.1, 0.15) is 30.0 Å². The van der Waals surface area contributed by atoms with Crippen molar-refractivity contribution in [3.8, 4) is 5.75 Å². The van der Waals surface area contributed by atoms with Crippen LogP contribution < -0.4 is 10.1 Å². The van der Waals surface area contributed by atoms with Gasteiger partial charge in [0.05, 0.1) is 6.26 Å². The van der Waals surface area contributed by atoms with E-state index in [-0.39, 0.29) is 30.7 Å². The topological polar surface area (TPSA) is 76.7 Å². The summed E-state index contributed by atoms with van der Waals surface area (Å²) in [7, 11) is 0. The lowest BCUT2D eigenvalue weighted by molar-refractivity contribution is -0.131. The van der Waals surface area contributed by atoms with Crippen LogP contribution in [0.4, 0.5) is 5.69 Å². The summed E-state index contributed by atoms with van der Waals surface area (Å²) < 4.78 is 13.1. The minimum absolute atomic E-state index is 0.0814. The van der Waals surface area contributed by atoms with Crippen LogP contribution in [-0.2, 0) is 17.9 Å². The average molecular weight is 446 g/mol. The minimum Gasteiger partial charge on any atom is -0.489 e. The molecule has 1 N–H and O–H groups in total. The molecule has 0 unspecified atom stereocenters. The number of hydrogen-bond donors (Lipinski definition) is 1. The first kappa shape index (κ1) is 22.2. The minimum atomic E-state index is -0.345. The van der Waals surface area contributed by atoms with Gasteiger partial charge in [0, 0.05) is 41.4 Å². The molecule has 0 saturated carbocycles. The fourth-order valence-electron chi connectivity index (χ4n) is 3.75. The maximum Gasteiger partial charge on any atom is 0.291 e. The second-order valence-corrected chi connectivity index (χ2v) is 7.61. The Hall–Kier alpha value is -4.00. The average Bonchev–Trinajstić information content (AvgIpc) is 3.46. The molecule has 7 heteroatoms. The molecule has 0 spiro atoms. The fourth-order valence-corrected chi connectivity index (χ4v) is 3.75. The molecule has 0 fully saturated rings. The van der Waals surface area contributed by atoms with Crippen molar-refractivity contribution in [3.63, 3.8) is 0 Å². The van der Waals surface area contributed by atoms with Crippen molar-refractivity contribution in [2.75, 3.05) is 18.4 Å². The number of carbonyl (C=O) groups excluding carboxylic acids is 2. The zero-order chi connectivity index (χ0) is 23.2. The Labute approximate surface area is 192 Å². The monoisotopic (exact) mass is 445 g/mol. The number of nitrogens with zero attached hydrogens (tertiary/aromatic N) is 2. The largest absolute Gasteiger partial charge is 0.489 e. The molecule has 2 amide bonds. The van der Waals surface area contributed by atoms with Gasteiger partial charge in [0.1, 0.15) is 18.9 Å². The van der Waals surface area contributed by atoms with E-state index in [1.807, 2.05) is 84.1 Å². The summed E-state index contributed by atoms with van der Waals surface area (Å²) in [6, 6.07) is 18.7. The maximum atomic E-state index is 12.8. The number of rotatable bonds is 9. The predicted octanol–water partition coefficient (Wildman–Crippen LogP) is 4.93. The Morgan fingerprint density at radius 1 is 1.03 bits per heavy atom. The number of carbonyl (C=O) groups is 2. The molecule has 33 heavy (non-hydrogen) atoms. The molecule has 0 aliphatic carbocycles. The van der Waals surface area contributed by atoms with Crippen molar-refractivity contribution < 1.29 is 18.7 Å². The van der Waals surface area contributed by atoms with Gasteiger partial charge in [-0.2, -0.15) is 0 Å². The number of aromatic nitrogens is 1. The standard InChI is InChI=1S/C26H27N3O4/c1-3-28(4-2)24(30)17-29-14-12-19-16-21(10-11-23(19)29)27-26(31)25-20(13-15-32-25)18-33-22-8-6-5-7-9-22/h5-16H,3-4,17-18H2,1-2H3,(H,27,31). The third-order valence-electron chi connectivity index (χ3n) is 5.54. The summed E-state index contributed by atoms with van der Waals surface area (Å²) in [6.07, 6.45) is 3.37. The molecule has 0 saturated heterocycles. The summed E-state index contributed by atoms with van der Waals surface area (Å²) in [5, 5.41) is 3.83. The van der Waals surface area contributed by atoms with E-state index in [1.54, 1.807) is 6.07 Å². The molecule has 0 aliphatic heterocycles. The van der Waals surface area contributed by atoms with Crippen molar-refractivity contribution >= 4 is 28.4 Å². The lowest BCUT2D eigenvalue weighted by Gasteiger charge is -2.19. The van der Waals surface area contributed by atoms with Crippen LogP contribution in [0.2, 0.25) is 0 Å². The first-order chi connectivity index (χ1) is 16.1. The highest BCUT2D eigenvalue weighted by atomic mass is 16.5. The number of fused-ring (bicyclic) bond motifs is 1. The number of amides is 2. The highest BCUT2D eigenvalue weighted by Gasteiger charge is 2.17. The lowest BCUT2D eigenvalue weighted by Crippen LogP contribution is -2.33. The second-order valence-electron chi connectivity index (χ2n) is 7.61. The Balaban J connectivity index is 1.44. The first-order valence-electron chi connectivity index (χ1n) is 11.0.